The molecule has 3 unspecified atom stereocenters. The molecule has 0 aromatic rings. The van der Waals surface area contributed by atoms with Gasteiger partial charge in [-0.3, -0.25) is 4.57 Å². The van der Waals surface area contributed by atoms with Crippen LogP contribution in [0.1, 0.15) is 0 Å². The van der Waals surface area contributed by atoms with E-state index in [4.69, 9.17) is 4.52 Å². The van der Waals surface area contributed by atoms with Crippen LogP contribution < -0.4 is 0 Å². The minimum atomic E-state index is -1.88. The molecule has 0 aliphatic rings. The highest BCUT2D eigenvalue weighted by atomic mass is 79.9. The minimum absolute atomic E-state index is 0.233. The van der Waals surface area contributed by atoms with Crippen molar-refractivity contribution < 1.29 is 9.09 Å². The molecule has 0 amide bonds. The van der Waals surface area contributed by atoms with Crippen molar-refractivity contribution in [3.63, 3.8) is 0 Å². The highest BCUT2D eigenvalue weighted by molar-refractivity contribution is 9.12. The second-order valence-corrected chi connectivity index (χ2v) is 7.72. The molecule has 0 aromatic heterocycles. The van der Waals surface area contributed by atoms with Gasteiger partial charge in [-0.15, -0.1) is 0 Å². The predicted molar refractivity (Wildman–Crippen MR) is 72.8 cm³/mol. The molecule has 0 spiro atoms. The Kier molecular flexibility index (Phi) is 10.9. The molecule has 0 N–H and O–H groups in total. The van der Waals surface area contributed by atoms with Crippen LogP contribution in [0.5, 0.6) is 0 Å². The average Bonchev–Trinajstić information content (AvgIpc) is 2.13. The van der Waals surface area contributed by atoms with Gasteiger partial charge in [0.25, 0.3) is 0 Å². The summed E-state index contributed by atoms with van der Waals surface area (Å²) < 4.78 is 16.5. The van der Waals surface area contributed by atoms with Crippen LogP contribution in [0.4, 0.5) is 0 Å². The molecule has 7 heteroatoms. The van der Waals surface area contributed by atoms with E-state index in [9.17, 15) is 4.57 Å². The van der Waals surface area contributed by atoms with Crippen LogP contribution in [0.3, 0.4) is 0 Å². The summed E-state index contributed by atoms with van der Waals surface area (Å²) >= 11 is 13.3. The van der Waals surface area contributed by atoms with E-state index in [0.29, 0.717) is 12.8 Å². The quantitative estimate of drug-likeness (QED) is 0.422. The van der Waals surface area contributed by atoms with Crippen LogP contribution in [0.15, 0.2) is 0 Å². The lowest BCUT2D eigenvalue weighted by molar-refractivity contribution is 0.336. The first kappa shape index (κ1) is 15.1. The summed E-state index contributed by atoms with van der Waals surface area (Å²) in [5.41, 5.74) is 0. The summed E-state index contributed by atoms with van der Waals surface area (Å²) in [7, 11) is -1.88. The van der Waals surface area contributed by atoms with E-state index in [2.05, 4.69) is 63.7 Å². The van der Waals surface area contributed by atoms with Gasteiger partial charge in [0.05, 0.1) is 6.61 Å². The monoisotopic (exact) mass is 462 g/mol. The van der Waals surface area contributed by atoms with Crippen molar-refractivity contribution in [3.05, 3.63) is 0 Å². The van der Waals surface area contributed by atoms with Gasteiger partial charge in [-0.2, -0.15) is 0 Å². The van der Waals surface area contributed by atoms with Crippen molar-refractivity contribution in [2.75, 3.05) is 23.4 Å². The Labute approximate surface area is 113 Å². The van der Waals surface area contributed by atoms with Gasteiger partial charge in [-0.25, -0.2) is 0 Å². The maximum absolute atomic E-state index is 11.3. The van der Waals surface area contributed by atoms with Gasteiger partial charge in [0.2, 0.25) is 0 Å². The highest BCUT2D eigenvalue weighted by Crippen LogP contribution is 2.27. The summed E-state index contributed by atoms with van der Waals surface area (Å²) in [6.07, 6.45) is 0.581. The van der Waals surface area contributed by atoms with E-state index in [-0.39, 0.29) is 9.65 Å². The van der Waals surface area contributed by atoms with Gasteiger partial charge in [-0.05, 0) is 0 Å². The van der Waals surface area contributed by atoms with E-state index < -0.39 is 8.03 Å². The van der Waals surface area contributed by atoms with Gasteiger partial charge < -0.3 is 4.52 Å². The van der Waals surface area contributed by atoms with Crippen molar-refractivity contribution in [1.82, 2.24) is 0 Å². The fourth-order valence-corrected chi connectivity index (χ4v) is 3.54. The first-order valence-corrected chi connectivity index (χ1v) is 9.25. The average molecular weight is 466 g/mol. The SMILES string of the molecule is O=[PH](CC(Br)CBr)OCC(Br)CBr. The van der Waals surface area contributed by atoms with Crippen LogP contribution in [0, 0.1) is 0 Å². The zero-order chi connectivity index (χ0) is 10.3. The third-order valence-electron chi connectivity index (χ3n) is 1.15. The summed E-state index contributed by atoms with van der Waals surface area (Å²) in [4.78, 5) is 0.468. The van der Waals surface area contributed by atoms with Gasteiger partial charge in [-0.1, -0.05) is 63.7 Å². The molecule has 3 atom stereocenters. The predicted octanol–water partition coefficient (Wildman–Crippen LogP) is 3.79. The molecule has 0 aromatic carbocycles. The Balaban J connectivity index is 3.51. The number of hydrogen-bond donors (Lipinski definition) is 0. The van der Waals surface area contributed by atoms with Crippen molar-refractivity contribution >= 4 is 71.7 Å². The smallest absolute Gasteiger partial charge is 0.192 e. The standard InChI is InChI=1S/C6H11Br4O2P/c7-1-5(9)3-12-13(11)4-6(10)2-8/h5-6,13H,1-4H2. The molecule has 0 fully saturated rings. The van der Waals surface area contributed by atoms with Crippen molar-refractivity contribution in [1.29, 1.82) is 0 Å². The van der Waals surface area contributed by atoms with Gasteiger partial charge in [0.15, 0.2) is 8.03 Å². The van der Waals surface area contributed by atoms with Crippen LogP contribution in [-0.2, 0) is 9.09 Å². The molecule has 0 bridgehead atoms. The Bertz CT molecular complexity index is 158. The first-order chi connectivity index (χ1) is 6.10. The van der Waals surface area contributed by atoms with E-state index >= 15 is 0 Å². The lowest BCUT2D eigenvalue weighted by Crippen LogP contribution is -2.09. The maximum atomic E-state index is 11.3. The molecule has 0 rings (SSSR count). The fraction of sp³-hybridized carbons (Fsp3) is 1.00. The van der Waals surface area contributed by atoms with Gasteiger partial charge in [0.1, 0.15) is 0 Å². The van der Waals surface area contributed by atoms with Crippen molar-refractivity contribution in [3.8, 4) is 0 Å². The van der Waals surface area contributed by atoms with Gasteiger partial charge >= 0.3 is 0 Å². The van der Waals surface area contributed by atoms with Crippen LogP contribution >= 0.6 is 71.7 Å². The normalized spacial score (nSPS) is 18.2. The molecular formula is C6H11Br4O2P. The van der Waals surface area contributed by atoms with Crippen molar-refractivity contribution in [2.24, 2.45) is 0 Å². The zero-order valence-electron chi connectivity index (χ0n) is 6.81. The molecule has 0 saturated heterocycles. The third kappa shape index (κ3) is 9.06. The number of alkyl halides is 4. The Morgan fingerprint density at radius 3 is 2.15 bits per heavy atom. The lowest BCUT2D eigenvalue weighted by atomic mass is 10.5. The molecule has 13 heavy (non-hydrogen) atoms. The second-order valence-electron chi connectivity index (χ2n) is 2.39. The Hall–Kier alpha value is 2.11. The largest absolute Gasteiger partial charge is 0.329 e. The van der Waals surface area contributed by atoms with Crippen LogP contribution in [0.2, 0.25) is 0 Å². The Morgan fingerprint density at radius 2 is 1.69 bits per heavy atom. The van der Waals surface area contributed by atoms with E-state index in [0.717, 1.165) is 10.7 Å². The summed E-state index contributed by atoms with van der Waals surface area (Å²) in [6.45, 7) is 0.491. The van der Waals surface area contributed by atoms with Crippen molar-refractivity contribution in [2.45, 2.75) is 9.65 Å². The van der Waals surface area contributed by atoms with E-state index in [1.807, 2.05) is 0 Å². The number of rotatable bonds is 7. The highest BCUT2D eigenvalue weighted by Gasteiger charge is 2.10. The molecule has 0 saturated carbocycles. The first-order valence-electron chi connectivity index (χ1n) is 3.65. The Morgan fingerprint density at radius 1 is 1.15 bits per heavy atom. The molecule has 0 radical (unpaired) electrons. The minimum Gasteiger partial charge on any atom is -0.329 e. The third-order valence-corrected chi connectivity index (χ3v) is 7.60. The second kappa shape index (κ2) is 9.34. The lowest BCUT2D eigenvalue weighted by Gasteiger charge is -2.09. The summed E-state index contributed by atoms with van der Waals surface area (Å²) in [5, 5.41) is 1.60. The number of halogens is 4. The summed E-state index contributed by atoms with van der Waals surface area (Å²) in [6, 6.07) is 0. The maximum Gasteiger partial charge on any atom is 0.192 e. The van der Waals surface area contributed by atoms with Gasteiger partial charge in [0, 0.05) is 26.5 Å². The topological polar surface area (TPSA) is 26.3 Å². The van der Waals surface area contributed by atoms with E-state index in [1.165, 1.54) is 0 Å². The molecule has 0 aliphatic carbocycles. The molecule has 2 nitrogen and oxygen atoms in total. The molecule has 0 heterocycles. The molecular weight excluding hydrogens is 455 g/mol. The zero-order valence-corrected chi connectivity index (χ0v) is 14.2. The van der Waals surface area contributed by atoms with Crippen LogP contribution in [-0.4, -0.2) is 33.1 Å². The fourth-order valence-electron chi connectivity index (χ4n) is 0.522. The summed E-state index contributed by atoms with van der Waals surface area (Å²) in [5.74, 6) is 0. The van der Waals surface area contributed by atoms with E-state index in [1.54, 1.807) is 0 Å². The molecule has 80 valence electrons. The molecule has 0 aliphatic heterocycles. The number of hydrogen-bond acceptors (Lipinski definition) is 2. The van der Waals surface area contributed by atoms with Crippen LogP contribution in [0.25, 0.3) is 0 Å².